The summed E-state index contributed by atoms with van der Waals surface area (Å²) in [4.78, 5) is 27.3. The normalized spacial score (nSPS) is 11.0. The van der Waals surface area contributed by atoms with Gasteiger partial charge in [0.1, 0.15) is 11.4 Å². The van der Waals surface area contributed by atoms with Crippen molar-refractivity contribution in [3.63, 3.8) is 0 Å². The molecular formula is C18H20N2O4. The standard InChI is InChI=1S/C18H20N2O4/c1-18(2,11-13-6-4-5-7-15(13)24-3)20-16(21)14-10-12(17(22)23)8-9-19-14/h4-10H,11H2,1-3H3,(H,20,21)(H,22,23). The second kappa shape index (κ2) is 7.12. The largest absolute Gasteiger partial charge is 0.496 e. The van der Waals surface area contributed by atoms with Crippen LogP contribution in [0, 0.1) is 0 Å². The van der Waals surface area contributed by atoms with E-state index in [0.717, 1.165) is 11.3 Å². The molecule has 1 aromatic carbocycles. The number of aromatic carboxylic acids is 1. The third kappa shape index (κ3) is 4.32. The van der Waals surface area contributed by atoms with E-state index in [0.29, 0.717) is 6.42 Å². The maximum atomic E-state index is 12.4. The predicted octanol–water partition coefficient (Wildman–Crippen LogP) is 2.54. The average molecular weight is 328 g/mol. The number of hydrogen-bond acceptors (Lipinski definition) is 4. The second-order valence-corrected chi connectivity index (χ2v) is 6.06. The van der Waals surface area contributed by atoms with E-state index >= 15 is 0 Å². The van der Waals surface area contributed by atoms with E-state index in [2.05, 4.69) is 10.3 Å². The lowest BCUT2D eigenvalue weighted by atomic mass is 9.94. The molecule has 1 aromatic heterocycles. The van der Waals surface area contributed by atoms with Crippen molar-refractivity contribution in [3.8, 4) is 5.75 Å². The number of carboxylic acids is 1. The van der Waals surface area contributed by atoms with Crippen molar-refractivity contribution in [1.29, 1.82) is 0 Å². The molecule has 126 valence electrons. The second-order valence-electron chi connectivity index (χ2n) is 6.06. The number of ether oxygens (including phenoxy) is 1. The number of benzene rings is 1. The molecule has 6 heteroatoms. The molecule has 0 radical (unpaired) electrons. The molecule has 0 aliphatic carbocycles. The zero-order valence-corrected chi connectivity index (χ0v) is 13.9. The van der Waals surface area contributed by atoms with E-state index < -0.39 is 17.4 Å². The Hall–Kier alpha value is -2.89. The van der Waals surface area contributed by atoms with Gasteiger partial charge >= 0.3 is 5.97 Å². The van der Waals surface area contributed by atoms with Gasteiger partial charge in [-0.05, 0) is 44.0 Å². The highest BCUT2D eigenvalue weighted by Crippen LogP contribution is 2.22. The van der Waals surface area contributed by atoms with Crippen LogP contribution in [0.5, 0.6) is 5.75 Å². The number of pyridine rings is 1. The summed E-state index contributed by atoms with van der Waals surface area (Å²) >= 11 is 0. The average Bonchev–Trinajstić information content (AvgIpc) is 2.54. The Morgan fingerprint density at radius 2 is 1.96 bits per heavy atom. The first-order valence-electron chi connectivity index (χ1n) is 7.46. The van der Waals surface area contributed by atoms with Gasteiger partial charge in [-0.1, -0.05) is 18.2 Å². The molecule has 2 N–H and O–H groups in total. The van der Waals surface area contributed by atoms with Gasteiger partial charge in [0.2, 0.25) is 0 Å². The van der Waals surface area contributed by atoms with Crippen LogP contribution in [0.2, 0.25) is 0 Å². The monoisotopic (exact) mass is 328 g/mol. The van der Waals surface area contributed by atoms with Gasteiger partial charge in [0.15, 0.2) is 0 Å². The van der Waals surface area contributed by atoms with Gasteiger partial charge in [-0.25, -0.2) is 4.79 Å². The van der Waals surface area contributed by atoms with Crippen molar-refractivity contribution < 1.29 is 19.4 Å². The van der Waals surface area contributed by atoms with Crippen LogP contribution < -0.4 is 10.1 Å². The minimum atomic E-state index is -1.10. The molecule has 0 fully saturated rings. The molecule has 0 saturated heterocycles. The number of para-hydroxylation sites is 1. The molecule has 0 bridgehead atoms. The van der Waals surface area contributed by atoms with Gasteiger partial charge in [-0.2, -0.15) is 0 Å². The number of amides is 1. The molecule has 6 nitrogen and oxygen atoms in total. The van der Waals surface area contributed by atoms with Crippen LogP contribution in [0.15, 0.2) is 42.6 Å². The van der Waals surface area contributed by atoms with Crippen LogP contribution in [-0.4, -0.2) is 34.6 Å². The van der Waals surface area contributed by atoms with Gasteiger partial charge in [-0.15, -0.1) is 0 Å². The molecule has 1 amide bonds. The number of aromatic nitrogens is 1. The predicted molar refractivity (Wildman–Crippen MR) is 89.4 cm³/mol. The van der Waals surface area contributed by atoms with Gasteiger partial charge in [0, 0.05) is 11.7 Å². The van der Waals surface area contributed by atoms with Crippen LogP contribution in [0.25, 0.3) is 0 Å². The Morgan fingerprint density at radius 1 is 1.25 bits per heavy atom. The highest BCUT2D eigenvalue weighted by Gasteiger charge is 2.24. The minimum absolute atomic E-state index is 0.0256. The van der Waals surface area contributed by atoms with Crippen molar-refractivity contribution in [2.24, 2.45) is 0 Å². The fourth-order valence-electron chi connectivity index (χ4n) is 2.43. The molecule has 0 saturated carbocycles. The molecule has 0 atom stereocenters. The summed E-state index contributed by atoms with van der Waals surface area (Å²) in [7, 11) is 1.60. The van der Waals surface area contributed by atoms with Crippen molar-refractivity contribution in [2.75, 3.05) is 7.11 Å². The van der Waals surface area contributed by atoms with Crippen molar-refractivity contribution in [2.45, 2.75) is 25.8 Å². The van der Waals surface area contributed by atoms with Gasteiger partial charge < -0.3 is 15.2 Å². The van der Waals surface area contributed by atoms with E-state index in [1.54, 1.807) is 7.11 Å². The van der Waals surface area contributed by atoms with Crippen LogP contribution in [0.4, 0.5) is 0 Å². The maximum Gasteiger partial charge on any atom is 0.335 e. The number of hydrogen-bond donors (Lipinski definition) is 2. The topological polar surface area (TPSA) is 88.5 Å². The summed E-state index contributed by atoms with van der Waals surface area (Å²) in [6, 6.07) is 10.2. The summed E-state index contributed by atoms with van der Waals surface area (Å²) < 4.78 is 5.33. The summed E-state index contributed by atoms with van der Waals surface area (Å²) in [5.74, 6) is -0.761. The van der Waals surface area contributed by atoms with Crippen LogP contribution in [0.3, 0.4) is 0 Å². The van der Waals surface area contributed by atoms with E-state index in [-0.39, 0.29) is 11.3 Å². The Morgan fingerprint density at radius 3 is 2.62 bits per heavy atom. The molecule has 0 aliphatic rings. The van der Waals surface area contributed by atoms with E-state index in [1.165, 1.54) is 18.3 Å². The number of carbonyl (C=O) groups is 2. The Kier molecular flexibility index (Phi) is 5.18. The van der Waals surface area contributed by atoms with Crippen molar-refractivity contribution >= 4 is 11.9 Å². The zero-order chi connectivity index (χ0) is 17.7. The fourth-order valence-corrected chi connectivity index (χ4v) is 2.43. The SMILES string of the molecule is COc1ccccc1CC(C)(C)NC(=O)c1cc(C(=O)O)ccn1. The third-order valence-electron chi connectivity index (χ3n) is 3.52. The number of carboxylic acid groups (broad SMARTS) is 1. The van der Waals surface area contributed by atoms with E-state index in [9.17, 15) is 9.59 Å². The number of carbonyl (C=O) groups excluding carboxylic acids is 1. The lowest BCUT2D eigenvalue weighted by molar-refractivity contribution is 0.0696. The highest BCUT2D eigenvalue weighted by molar-refractivity contribution is 5.96. The van der Waals surface area contributed by atoms with Crippen LogP contribution >= 0.6 is 0 Å². The molecule has 1 heterocycles. The Labute approximate surface area is 140 Å². The highest BCUT2D eigenvalue weighted by atomic mass is 16.5. The summed E-state index contributed by atoms with van der Waals surface area (Å²) in [5.41, 5.74) is 0.505. The van der Waals surface area contributed by atoms with Crippen molar-refractivity contribution in [3.05, 3.63) is 59.4 Å². The first-order chi connectivity index (χ1) is 11.3. The number of rotatable bonds is 6. The first kappa shape index (κ1) is 17.5. The van der Waals surface area contributed by atoms with Gasteiger partial charge in [-0.3, -0.25) is 9.78 Å². The van der Waals surface area contributed by atoms with Crippen LogP contribution in [0.1, 0.15) is 40.3 Å². The van der Waals surface area contributed by atoms with Crippen molar-refractivity contribution in [1.82, 2.24) is 10.3 Å². The smallest absolute Gasteiger partial charge is 0.335 e. The summed E-state index contributed by atoms with van der Waals surface area (Å²) in [6.45, 7) is 3.77. The van der Waals surface area contributed by atoms with E-state index in [1.807, 2.05) is 38.1 Å². The fraction of sp³-hybridized carbons (Fsp3) is 0.278. The summed E-state index contributed by atoms with van der Waals surface area (Å²) in [5, 5.41) is 11.9. The molecule has 2 rings (SSSR count). The van der Waals surface area contributed by atoms with Gasteiger partial charge in [0.05, 0.1) is 12.7 Å². The van der Waals surface area contributed by atoms with Gasteiger partial charge in [0.25, 0.3) is 5.91 Å². The zero-order valence-electron chi connectivity index (χ0n) is 13.9. The lowest BCUT2D eigenvalue weighted by Gasteiger charge is -2.27. The quantitative estimate of drug-likeness (QED) is 0.851. The molecule has 0 aliphatic heterocycles. The molecule has 0 unspecified atom stereocenters. The lowest BCUT2D eigenvalue weighted by Crippen LogP contribution is -2.45. The summed E-state index contributed by atoms with van der Waals surface area (Å²) in [6.07, 6.45) is 1.87. The maximum absolute atomic E-state index is 12.4. The number of nitrogens with one attached hydrogen (secondary N) is 1. The molecular weight excluding hydrogens is 308 g/mol. The molecule has 2 aromatic rings. The van der Waals surface area contributed by atoms with E-state index in [4.69, 9.17) is 9.84 Å². The number of nitrogens with zero attached hydrogens (tertiary/aromatic N) is 1. The Balaban J connectivity index is 2.15. The molecule has 0 spiro atoms. The number of methoxy groups -OCH3 is 1. The third-order valence-corrected chi connectivity index (χ3v) is 3.52. The molecule has 24 heavy (non-hydrogen) atoms. The first-order valence-corrected chi connectivity index (χ1v) is 7.46. The van der Waals surface area contributed by atoms with Crippen LogP contribution in [-0.2, 0) is 6.42 Å². The Bertz CT molecular complexity index is 756. The minimum Gasteiger partial charge on any atom is -0.496 e.